The molecule has 0 saturated carbocycles. The van der Waals surface area contributed by atoms with Crippen molar-refractivity contribution in [3.05, 3.63) is 67.5 Å². The second-order valence-corrected chi connectivity index (χ2v) is 12.1. The molecular formula is C25H22BrN3O5S2. The van der Waals surface area contributed by atoms with Gasteiger partial charge in [-0.15, -0.1) is 0 Å². The van der Waals surface area contributed by atoms with Crippen molar-refractivity contribution in [1.82, 2.24) is 4.57 Å². The van der Waals surface area contributed by atoms with E-state index >= 15 is 0 Å². The Bertz CT molecular complexity index is 1430. The van der Waals surface area contributed by atoms with Crippen molar-refractivity contribution in [2.24, 2.45) is 5.92 Å². The number of carbonyl (C=O) groups is 3. The molecule has 1 saturated heterocycles. The first-order valence-corrected chi connectivity index (χ1v) is 13.6. The minimum Gasteiger partial charge on any atom is -0.497 e. The van der Waals surface area contributed by atoms with E-state index in [4.69, 9.17) is 4.74 Å². The molecule has 5 rings (SSSR count). The molecule has 3 aromatic rings. The summed E-state index contributed by atoms with van der Waals surface area (Å²) in [5.74, 6) is -0.916. The molecule has 36 heavy (non-hydrogen) atoms. The third kappa shape index (κ3) is 4.08. The Balaban J connectivity index is 1.44. The van der Waals surface area contributed by atoms with Crippen LogP contribution in [-0.4, -0.2) is 34.6 Å². The van der Waals surface area contributed by atoms with E-state index in [1.807, 2.05) is 13.8 Å². The van der Waals surface area contributed by atoms with Gasteiger partial charge in [0, 0.05) is 20.5 Å². The van der Waals surface area contributed by atoms with Crippen molar-refractivity contribution in [2.45, 2.75) is 36.1 Å². The van der Waals surface area contributed by atoms with Crippen LogP contribution in [0.25, 0.3) is 0 Å². The summed E-state index contributed by atoms with van der Waals surface area (Å²) in [5, 5.41) is 2.67. The van der Waals surface area contributed by atoms with E-state index in [0.29, 0.717) is 22.2 Å². The van der Waals surface area contributed by atoms with Crippen molar-refractivity contribution in [3.8, 4) is 5.75 Å². The zero-order chi connectivity index (χ0) is 25.8. The fourth-order valence-electron chi connectivity index (χ4n) is 4.63. The number of thioether (sulfide) groups is 1. The third-order valence-electron chi connectivity index (χ3n) is 6.46. The minimum absolute atomic E-state index is 0.199. The van der Waals surface area contributed by atoms with Crippen LogP contribution in [0.4, 0.5) is 11.4 Å². The summed E-state index contributed by atoms with van der Waals surface area (Å²) >= 11 is 5.61. The van der Waals surface area contributed by atoms with Gasteiger partial charge in [0.05, 0.1) is 23.7 Å². The number of hydrogen-bond donors (Lipinski definition) is 1. The number of fused-ring (bicyclic) bond motifs is 2. The molecular weight excluding hydrogens is 566 g/mol. The lowest BCUT2D eigenvalue weighted by Gasteiger charge is -2.36. The van der Waals surface area contributed by atoms with Crippen LogP contribution in [-0.2, 0) is 26.3 Å². The number of halogens is 1. The van der Waals surface area contributed by atoms with E-state index in [9.17, 15) is 19.2 Å². The number of methoxy groups -OCH3 is 1. The molecule has 2 atom stereocenters. The number of nitrogens with zero attached hydrogens (tertiary/aromatic N) is 2. The van der Waals surface area contributed by atoms with Gasteiger partial charge in [-0.05, 0) is 48.5 Å². The average Bonchev–Trinajstić information content (AvgIpc) is 3.29. The van der Waals surface area contributed by atoms with Crippen LogP contribution >= 0.6 is 39.0 Å². The summed E-state index contributed by atoms with van der Waals surface area (Å²) in [6.45, 7) is 3.57. The highest BCUT2D eigenvalue weighted by Gasteiger charge is 2.59. The third-order valence-corrected chi connectivity index (χ3v) is 9.82. The maximum atomic E-state index is 13.5. The maximum Gasteiger partial charge on any atom is 0.308 e. The summed E-state index contributed by atoms with van der Waals surface area (Å²) in [5.41, 5.74) is 0.329. The first kappa shape index (κ1) is 24.8. The Morgan fingerprint density at radius 3 is 2.36 bits per heavy atom. The van der Waals surface area contributed by atoms with E-state index in [1.165, 1.54) is 21.2 Å². The zero-order valence-electron chi connectivity index (χ0n) is 19.6. The molecule has 2 aliphatic rings. The van der Waals surface area contributed by atoms with Crippen molar-refractivity contribution < 1.29 is 19.1 Å². The number of nitrogens with one attached hydrogen (secondary N) is 1. The lowest BCUT2D eigenvalue weighted by Crippen LogP contribution is -2.41. The molecule has 2 aliphatic heterocycles. The van der Waals surface area contributed by atoms with E-state index in [-0.39, 0.29) is 29.1 Å². The van der Waals surface area contributed by atoms with Crippen LogP contribution in [0.2, 0.25) is 0 Å². The largest absolute Gasteiger partial charge is 0.497 e. The zero-order valence-corrected chi connectivity index (χ0v) is 22.8. The normalized spacial score (nSPS) is 20.2. The van der Waals surface area contributed by atoms with Gasteiger partial charge in [0.25, 0.3) is 0 Å². The summed E-state index contributed by atoms with van der Waals surface area (Å²) in [7, 11) is 1.56. The van der Waals surface area contributed by atoms with Crippen molar-refractivity contribution in [3.63, 3.8) is 0 Å². The molecule has 1 N–H and O–H groups in total. The van der Waals surface area contributed by atoms with Gasteiger partial charge in [-0.2, -0.15) is 0 Å². The Kier molecular flexibility index (Phi) is 6.34. The molecule has 1 aromatic heterocycles. The monoisotopic (exact) mass is 587 g/mol. The molecule has 1 fully saturated rings. The molecule has 11 heteroatoms. The number of imide groups is 1. The van der Waals surface area contributed by atoms with Crippen molar-refractivity contribution in [2.75, 3.05) is 17.3 Å². The fourth-order valence-corrected chi connectivity index (χ4v) is 7.93. The highest BCUT2D eigenvalue weighted by molar-refractivity contribution is 9.10. The number of benzene rings is 2. The number of rotatable bonds is 5. The number of hydrogen-bond acceptors (Lipinski definition) is 7. The number of carbonyl (C=O) groups excluding carboxylic acids is 3. The lowest BCUT2D eigenvalue weighted by atomic mass is 9.76. The SMILES string of the molecule is COc1ccc(NC(=O)Cn2c3c(sc2=O)C(C)(C)C2C(=O)N(c4ccc(Br)cc4)C(=O)C2S3)cc1. The Morgan fingerprint density at radius 2 is 1.72 bits per heavy atom. The second-order valence-electron chi connectivity index (χ2n) is 9.09. The number of aromatic nitrogens is 1. The highest BCUT2D eigenvalue weighted by Crippen LogP contribution is 2.54. The van der Waals surface area contributed by atoms with Crippen molar-refractivity contribution in [1.29, 1.82) is 0 Å². The minimum atomic E-state index is -0.760. The van der Waals surface area contributed by atoms with Crippen LogP contribution in [0.1, 0.15) is 18.7 Å². The average molecular weight is 589 g/mol. The molecule has 2 aromatic carbocycles. The molecule has 3 amide bonds. The van der Waals surface area contributed by atoms with Gasteiger partial charge in [-0.3, -0.25) is 23.7 Å². The predicted octanol–water partition coefficient (Wildman–Crippen LogP) is 4.26. The number of anilines is 2. The van der Waals surface area contributed by atoms with Gasteiger partial charge in [-0.25, -0.2) is 4.90 Å². The number of thiazole rings is 1. The smallest absolute Gasteiger partial charge is 0.308 e. The molecule has 0 spiro atoms. The highest BCUT2D eigenvalue weighted by atomic mass is 79.9. The Morgan fingerprint density at radius 1 is 1.06 bits per heavy atom. The van der Waals surface area contributed by atoms with Crippen LogP contribution in [0.15, 0.2) is 62.8 Å². The Hall–Kier alpha value is -2.89. The van der Waals surface area contributed by atoms with Crippen molar-refractivity contribution >= 4 is 68.1 Å². The van der Waals surface area contributed by atoms with E-state index in [0.717, 1.165) is 20.7 Å². The molecule has 0 radical (unpaired) electrons. The topological polar surface area (TPSA) is 97.7 Å². The predicted molar refractivity (Wildman–Crippen MR) is 143 cm³/mol. The summed E-state index contributed by atoms with van der Waals surface area (Å²) in [4.78, 5) is 54.4. The summed E-state index contributed by atoms with van der Waals surface area (Å²) in [6.07, 6.45) is 0. The summed E-state index contributed by atoms with van der Waals surface area (Å²) in [6, 6.07) is 13.9. The van der Waals surface area contributed by atoms with Crippen LogP contribution in [0, 0.1) is 5.92 Å². The van der Waals surface area contributed by atoms with Crippen LogP contribution in [0.3, 0.4) is 0 Å². The standard InChI is InChI=1S/C25H22BrN3O5S2/c1-25(2)18-19(22(32)29(21(18)31)15-8-4-13(26)5-9-15)35-23-20(25)36-24(33)28(23)12-17(30)27-14-6-10-16(34-3)11-7-14/h4-11,18-19H,12H2,1-3H3,(H,27,30). The van der Waals surface area contributed by atoms with Gasteiger partial charge >= 0.3 is 4.87 Å². The van der Waals surface area contributed by atoms with Crippen LogP contribution < -0.4 is 19.8 Å². The van der Waals surface area contributed by atoms with Gasteiger partial charge in [0.15, 0.2) is 0 Å². The Labute approximate surface area is 223 Å². The van der Waals surface area contributed by atoms with Gasteiger partial charge in [0.1, 0.15) is 17.5 Å². The quantitative estimate of drug-likeness (QED) is 0.448. The second kappa shape index (κ2) is 9.20. The van der Waals surface area contributed by atoms with Gasteiger partial charge in [0.2, 0.25) is 17.7 Å². The fraction of sp³-hybridized carbons (Fsp3) is 0.280. The van der Waals surface area contributed by atoms with Gasteiger partial charge in [-0.1, -0.05) is 52.9 Å². The molecule has 3 heterocycles. The lowest BCUT2D eigenvalue weighted by molar-refractivity contribution is -0.123. The number of amides is 3. The molecule has 0 aliphatic carbocycles. The molecule has 8 nitrogen and oxygen atoms in total. The molecule has 2 unspecified atom stereocenters. The molecule has 0 bridgehead atoms. The van der Waals surface area contributed by atoms with E-state index in [2.05, 4.69) is 21.2 Å². The van der Waals surface area contributed by atoms with E-state index in [1.54, 1.807) is 55.6 Å². The molecule has 186 valence electrons. The maximum absolute atomic E-state index is 13.5. The first-order valence-electron chi connectivity index (χ1n) is 11.1. The first-order chi connectivity index (χ1) is 17.1. The van der Waals surface area contributed by atoms with Gasteiger partial charge < -0.3 is 10.1 Å². The summed E-state index contributed by atoms with van der Waals surface area (Å²) < 4.78 is 7.38. The van der Waals surface area contributed by atoms with Crippen LogP contribution in [0.5, 0.6) is 5.75 Å². The van der Waals surface area contributed by atoms with E-state index < -0.39 is 16.6 Å². The number of ether oxygens (including phenoxy) is 1.